The Labute approximate surface area is 373 Å². The van der Waals surface area contributed by atoms with E-state index in [-0.39, 0.29) is 38.0 Å². The smallest absolute Gasteiger partial charge is 0.309 e. The van der Waals surface area contributed by atoms with Crippen molar-refractivity contribution in [2.24, 2.45) is 0 Å². The maximum atomic E-state index is 12.7. The molecule has 0 rings (SSSR count). The zero-order valence-electron chi connectivity index (χ0n) is 38.9. The summed E-state index contributed by atoms with van der Waals surface area (Å²) in [6.07, 6.45) is 66.3. The molecule has 0 aliphatic carbocycles. The minimum absolute atomic E-state index is 0.112. The number of esters is 3. The molecule has 6 nitrogen and oxygen atoms in total. The van der Waals surface area contributed by atoms with Gasteiger partial charge in [-0.05, 0) is 109 Å². The predicted molar refractivity (Wildman–Crippen MR) is 260 cm³/mol. The molecule has 0 aliphatic rings. The van der Waals surface area contributed by atoms with Gasteiger partial charge in [-0.15, -0.1) is 0 Å². The fourth-order valence-corrected chi connectivity index (χ4v) is 5.91. The molecule has 6 heteroatoms. The Morgan fingerprint density at radius 2 is 0.705 bits per heavy atom. The molecule has 342 valence electrons. The Bertz CT molecular complexity index is 1340. The van der Waals surface area contributed by atoms with Gasteiger partial charge in [0, 0.05) is 12.8 Å². The molecule has 0 amide bonds. The average molecular weight is 843 g/mol. The molecule has 1 atom stereocenters. The second-order valence-corrected chi connectivity index (χ2v) is 15.3. The van der Waals surface area contributed by atoms with Crippen molar-refractivity contribution in [3.8, 4) is 0 Å². The SMILES string of the molecule is CC/C=C\C/C=C\C/C=C\C/C=C\C/C=C\CC(=O)OCC(COC(=O)CCCCCCC/C=C\CCCCCC)OC(=O)CCCC/C=C\C/C=C\C/C=C\C/C=C\CC. The Morgan fingerprint density at radius 1 is 0.361 bits per heavy atom. The molecule has 0 aromatic heterocycles. The molecule has 0 fully saturated rings. The van der Waals surface area contributed by atoms with Crippen LogP contribution in [0.4, 0.5) is 0 Å². The van der Waals surface area contributed by atoms with E-state index in [1.165, 1.54) is 38.5 Å². The van der Waals surface area contributed by atoms with E-state index in [2.05, 4.69) is 130 Å². The molecule has 0 aromatic rings. The molecule has 0 aliphatic heterocycles. The molecule has 0 bridgehead atoms. The molecule has 0 heterocycles. The lowest BCUT2D eigenvalue weighted by Crippen LogP contribution is -2.30. The Kier molecular flexibility index (Phi) is 45.1. The summed E-state index contributed by atoms with van der Waals surface area (Å²) in [5, 5.41) is 0. The van der Waals surface area contributed by atoms with Crippen molar-refractivity contribution in [1.82, 2.24) is 0 Å². The first-order valence-corrected chi connectivity index (χ1v) is 24.0. The van der Waals surface area contributed by atoms with Crippen molar-refractivity contribution in [1.29, 1.82) is 0 Å². The topological polar surface area (TPSA) is 78.9 Å². The van der Waals surface area contributed by atoms with Crippen LogP contribution in [0.2, 0.25) is 0 Å². The van der Waals surface area contributed by atoms with Gasteiger partial charge in [0.25, 0.3) is 0 Å². The fourth-order valence-electron chi connectivity index (χ4n) is 5.91. The predicted octanol–water partition coefficient (Wildman–Crippen LogP) is 15.7. The van der Waals surface area contributed by atoms with Crippen LogP contribution in [-0.4, -0.2) is 37.2 Å². The van der Waals surface area contributed by atoms with Crippen LogP contribution in [-0.2, 0) is 28.6 Å². The highest BCUT2D eigenvalue weighted by atomic mass is 16.6. The maximum Gasteiger partial charge on any atom is 0.309 e. The van der Waals surface area contributed by atoms with Crippen LogP contribution < -0.4 is 0 Å². The third-order valence-corrected chi connectivity index (χ3v) is 9.46. The van der Waals surface area contributed by atoms with Gasteiger partial charge >= 0.3 is 17.9 Å². The fraction of sp³-hybridized carbons (Fsp3) is 0.582. The van der Waals surface area contributed by atoms with Crippen molar-refractivity contribution >= 4 is 17.9 Å². The van der Waals surface area contributed by atoms with Gasteiger partial charge in [-0.3, -0.25) is 14.4 Å². The number of carbonyl (C=O) groups excluding carboxylic acids is 3. The van der Waals surface area contributed by atoms with Crippen molar-refractivity contribution in [2.75, 3.05) is 13.2 Å². The van der Waals surface area contributed by atoms with Gasteiger partial charge in [0.05, 0.1) is 6.42 Å². The lowest BCUT2D eigenvalue weighted by molar-refractivity contribution is -0.166. The quantitative estimate of drug-likeness (QED) is 0.0264. The highest BCUT2D eigenvalue weighted by molar-refractivity contribution is 5.72. The monoisotopic (exact) mass is 843 g/mol. The minimum Gasteiger partial charge on any atom is -0.462 e. The minimum atomic E-state index is -0.845. The zero-order chi connectivity index (χ0) is 44.4. The Morgan fingerprint density at radius 3 is 1.20 bits per heavy atom. The molecule has 0 N–H and O–H groups in total. The van der Waals surface area contributed by atoms with E-state index in [1.807, 2.05) is 6.08 Å². The third-order valence-electron chi connectivity index (χ3n) is 9.46. The van der Waals surface area contributed by atoms with Crippen LogP contribution in [0, 0.1) is 0 Å². The highest BCUT2D eigenvalue weighted by Gasteiger charge is 2.19. The number of unbranched alkanes of at least 4 members (excludes halogenated alkanes) is 11. The average Bonchev–Trinajstić information content (AvgIpc) is 3.26. The lowest BCUT2D eigenvalue weighted by Gasteiger charge is -2.18. The summed E-state index contributed by atoms with van der Waals surface area (Å²) in [5.74, 6) is -1.13. The Hall–Kier alpha value is -4.19. The van der Waals surface area contributed by atoms with Crippen LogP contribution in [0.1, 0.15) is 188 Å². The highest BCUT2D eigenvalue weighted by Crippen LogP contribution is 2.11. The molecule has 0 spiro atoms. The Balaban J connectivity index is 4.63. The zero-order valence-corrected chi connectivity index (χ0v) is 38.9. The van der Waals surface area contributed by atoms with Crippen LogP contribution in [0.25, 0.3) is 0 Å². The van der Waals surface area contributed by atoms with E-state index in [1.54, 1.807) is 6.08 Å². The standard InChI is InChI=1S/C55H86O6/c1-4-7-10-13-16-19-22-25-27-30-33-36-39-42-45-48-54(57)60-51-52(50-59-53(56)47-44-41-38-35-32-29-24-21-18-15-12-9-6-3)61-55(58)49-46-43-40-37-34-31-28-26-23-20-17-14-11-8-5-2/h7-8,10-11,16-17,19-21,24-28,33-34,36-37,42,45,52H,4-6,9,12-15,18,22-23,29-32,35,38-41,43-44,46-51H2,1-3H3/b10-7-,11-8-,19-16-,20-17-,24-21-,27-25-,28-26-,36-33-,37-34-,45-42-. The van der Waals surface area contributed by atoms with Crippen LogP contribution in [0.3, 0.4) is 0 Å². The molecular weight excluding hydrogens is 757 g/mol. The van der Waals surface area contributed by atoms with Crippen molar-refractivity contribution in [3.63, 3.8) is 0 Å². The molecule has 0 radical (unpaired) electrons. The maximum absolute atomic E-state index is 12.7. The van der Waals surface area contributed by atoms with Crippen LogP contribution >= 0.6 is 0 Å². The van der Waals surface area contributed by atoms with Crippen molar-refractivity contribution < 1.29 is 28.6 Å². The third kappa shape index (κ3) is 46.7. The summed E-state index contributed by atoms with van der Waals surface area (Å²) in [4.78, 5) is 37.8. The summed E-state index contributed by atoms with van der Waals surface area (Å²) < 4.78 is 16.6. The van der Waals surface area contributed by atoms with Crippen LogP contribution in [0.15, 0.2) is 122 Å². The first kappa shape index (κ1) is 56.8. The number of carbonyl (C=O) groups is 3. The number of hydrogen-bond donors (Lipinski definition) is 0. The van der Waals surface area contributed by atoms with Gasteiger partial charge in [0.2, 0.25) is 0 Å². The second-order valence-electron chi connectivity index (χ2n) is 15.3. The van der Waals surface area contributed by atoms with Gasteiger partial charge in [-0.25, -0.2) is 0 Å². The first-order valence-electron chi connectivity index (χ1n) is 24.0. The summed E-state index contributed by atoms with van der Waals surface area (Å²) in [6, 6.07) is 0. The van der Waals surface area contributed by atoms with E-state index in [4.69, 9.17) is 14.2 Å². The number of ether oxygens (including phenoxy) is 3. The number of allylic oxidation sites excluding steroid dienone is 19. The van der Waals surface area contributed by atoms with Crippen LogP contribution in [0.5, 0.6) is 0 Å². The van der Waals surface area contributed by atoms with E-state index in [0.29, 0.717) is 12.8 Å². The van der Waals surface area contributed by atoms with Crippen molar-refractivity contribution in [3.05, 3.63) is 122 Å². The van der Waals surface area contributed by atoms with Gasteiger partial charge < -0.3 is 14.2 Å². The van der Waals surface area contributed by atoms with Gasteiger partial charge in [0.1, 0.15) is 13.2 Å². The second kappa shape index (κ2) is 48.5. The molecule has 0 saturated heterocycles. The molecule has 0 saturated carbocycles. The van der Waals surface area contributed by atoms with Gasteiger partial charge in [-0.1, -0.05) is 181 Å². The van der Waals surface area contributed by atoms with E-state index in [9.17, 15) is 14.4 Å². The lowest BCUT2D eigenvalue weighted by atomic mass is 10.1. The molecule has 61 heavy (non-hydrogen) atoms. The summed E-state index contributed by atoms with van der Waals surface area (Å²) in [7, 11) is 0. The number of hydrogen-bond acceptors (Lipinski definition) is 6. The normalized spacial score (nSPS) is 13.2. The van der Waals surface area contributed by atoms with E-state index < -0.39 is 12.1 Å². The largest absolute Gasteiger partial charge is 0.462 e. The summed E-state index contributed by atoms with van der Waals surface area (Å²) in [5.41, 5.74) is 0. The molecular formula is C55H86O6. The number of rotatable bonds is 41. The van der Waals surface area contributed by atoms with E-state index >= 15 is 0 Å². The molecule has 0 aromatic carbocycles. The molecule has 1 unspecified atom stereocenters. The van der Waals surface area contributed by atoms with E-state index in [0.717, 1.165) is 103 Å². The van der Waals surface area contributed by atoms with Gasteiger partial charge in [-0.2, -0.15) is 0 Å². The summed E-state index contributed by atoms with van der Waals surface area (Å²) in [6.45, 7) is 6.23. The first-order chi connectivity index (χ1) is 30.0. The summed E-state index contributed by atoms with van der Waals surface area (Å²) >= 11 is 0. The van der Waals surface area contributed by atoms with Gasteiger partial charge in [0.15, 0.2) is 6.10 Å². The van der Waals surface area contributed by atoms with Crippen molar-refractivity contribution in [2.45, 2.75) is 194 Å².